The lowest BCUT2D eigenvalue weighted by molar-refractivity contribution is -0.120. The van der Waals surface area contributed by atoms with Crippen molar-refractivity contribution < 1.29 is 14.3 Å². The normalized spacial score (nSPS) is 10.7. The molecule has 0 fully saturated rings. The van der Waals surface area contributed by atoms with Crippen LogP contribution in [-0.4, -0.2) is 31.2 Å². The molecule has 0 aliphatic carbocycles. The van der Waals surface area contributed by atoms with E-state index >= 15 is 0 Å². The Bertz CT molecular complexity index is 1040. The zero-order chi connectivity index (χ0) is 24.2. The third-order valence-electron chi connectivity index (χ3n) is 5.49. The number of hydrogen-bond donors (Lipinski definition) is 1. The van der Waals surface area contributed by atoms with Crippen molar-refractivity contribution in [2.24, 2.45) is 0 Å². The van der Waals surface area contributed by atoms with Crippen LogP contribution >= 0.6 is 23.2 Å². The fourth-order valence-corrected chi connectivity index (χ4v) is 4.17. The molecule has 0 saturated heterocycles. The lowest BCUT2D eigenvalue weighted by Crippen LogP contribution is -2.27. The molecule has 5 nitrogen and oxygen atoms in total. The number of carbonyl (C=O) groups is 1. The summed E-state index contributed by atoms with van der Waals surface area (Å²) in [6.07, 6.45) is 7.95. The van der Waals surface area contributed by atoms with Gasteiger partial charge in [-0.3, -0.25) is 9.78 Å². The molecule has 3 aromatic rings. The van der Waals surface area contributed by atoms with Crippen LogP contribution in [0.5, 0.6) is 11.5 Å². The van der Waals surface area contributed by atoms with Crippen molar-refractivity contribution in [1.29, 1.82) is 0 Å². The topological polar surface area (TPSA) is 60.5 Å². The summed E-state index contributed by atoms with van der Waals surface area (Å²) in [5.74, 6) is 1.28. The van der Waals surface area contributed by atoms with E-state index in [-0.39, 0.29) is 12.3 Å². The number of halogens is 2. The number of unbranched alkanes of at least 4 members (excludes halogenated alkanes) is 2. The van der Waals surface area contributed by atoms with Gasteiger partial charge in [-0.2, -0.15) is 0 Å². The summed E-state index contributed by atoms with van der Waals surface area (Å²) in [5, 5.41) is 3.69. The van der Waals surface area contributed by atoms with Gasteiger partial charge in [-0.05, 0) is 49.3 Å². The SMILES string of the molecule is COc1cccc(CCNC(=O)Cc2c(Cl)cncc2Cl)c1OCCCCCc1ccccc1. The van der Waals surface area contributed by atoms with Crippen molar-refractivity contribution in [2.75, 3.05) is 20.3 Å². The second-order valence-corrected chi connectivity index (χ2v) is 8.77. The summed E-state index contributed by atoms with van der Waals surface area (Å²) in [6.45, 7) is 1.08. The minimum atomic E-state index is -0.154. The van der Waals surface area contributed by atoms with E-state index in [1.54, 1.807) is 7.11 Å². The zero-order valence-electron chi connectivity index (χ0n) is 19.4. The van der Waals surface area contributed by atoms with Crippen molar-refractivity contribution in [2.45, 2.75) is 38.5 Å². The molecule has 2 aromatic carbocycles. The van der Waals surface area contributed by atoms with Gasteiger partial charge in [0.05, 0.1) is 30.2 Å². The number of para-hydroxylation sites is 1. The van der Waals surface area contributed by atoms with Crippen LogP contribution in [0.25, 0.3) is 0 Å². The van der Waals surface area contributed by atoms with E-state index in [0.29, 0.717) is 40.9 Å². The van der Waals surface area contributed by atoms with Crippen molar-refractivity contribution in [3.8, 4) is 11.5 Å². The first-order chi connectivity index (χ1) is 16.6. The number of nitrogens with one attached hydrogen (secondary N) is 1. The van der Waals surface area contributed by atoms with Crippen molar-refractivity contribution in [3.05, 3.63) is 87.7 Å². The quantitative estimate of drug-likeness (QED) is 0.288. The Morgan fingerprint density at radius 1 is 0.941 bits per heavy atom. The summed E-state index contributed by atoms with van der Waals surface area (Å²) < 4.78 is 11.6. The molecule has 3 rings (SSSR count). The number of pyridine rings is 1. The van der Waals surface area contributed by atoms with E-state index < -0.39 is 0 Å². The molecule has 0 spiro atoms. The Morgan fingerprint density at radius 2 is 1.71 bits per heavy atom. The summed E-state index contributed by atoms with van der Waals surface area (Å²) in [5.41, 5.74) is 2.93. The Hall–Kier alpha value is -2.76. The fraction of sp³-hybridized carbons (Fsp3) is 0.333. The van der Waals surface area contributed by atoms with Crippen LogP contribution in [0.3, 0.4) is 0 Å². The minimum Gasteiger partial charge on any atom is -0.493 e. The summed E-state index contributed by atoms with van der Waals surface area (Å²) >= 11 is 12.2. The molecule has 1 amide bonds. The largest absolute Gasteiger partial charge is 0.493 e. The van der Waals surface area contributed by atoms with E-state index in [1.165, 1.54) is 18.0 Å². The number of benzene rings is 2. The minimum absolute atomic E-state index is 0.102. The van der Waals surface area contributed by atoms with Crippen LogP contribution in [0.2, 0.25) is 10.0 Å². The monoisotopic (exact) mass is 500 g/mol. The van der Waals surface area contributed by atoms with Gasteiger partial charge in [-0.15, -0.1) is 0 Å². The zero-order valence-corrected chi connectivity index (χ0v) is 20.9. The predicted molar refractivity (Wildman–Crippen MR) is 137 cm³/mol. The summed E-state index contributed by atoms with van der Waals surface area (Å²) in [6, 6.07) is 16.3. The standard InChI is InChI=1S/C27H30Cl2N2O3/c1-33-25-13-8-12-21(14-15-31-26(32)17-22-23(28)18-30-19-24(22)29)27(25)34-16-7-3-6-11-20-9-4-2-5-10-20/h2,4-5,8-10,12-13,18-19H,3,6-7,11,14-17H2,1H3,(H,31,32). The average molecular weight is 501 g/mol. The van der Waals surface area contributed by atoms with E-state index in [2.05, 4.69) is 34.6 Å². The number of rotatable bonds is 13. The predicted octanol–water partition coefficient (Wildman–Crippen LogP) is 6.09. The number of nitrogens with zero attached hydrogens (tertiary/aromatic N) is 1. The van der Waals surface area contributed by atoms with Crippen LogP contribution in [-0.2, 0) is 24.1 Å². The molecule has 180 valence electrons. The number of aromatic nitrogens is 1. The first-order valence-electron chi connectivity index (χ1n) is 11.5. The number of hydrogen-bond acceptors (Lipinski definition) is 4. The van der Waals surface area contributed by atoms with Crippen LogP contribution in [0.4, 0.5) is 0 Å². The number of aryl methyl sites for hydroxylation is 1. The van der Waals surface area contributed by atoms with Gasteiger partial charge in [-0.1, -0.05) is 65.7 Å². The third-order valence-corrected chi connectivity index (χ3v) is 6.14. The summed E-state index contributed by atoms with van der Waals surface area (Å²) in [4.78, 5) is 16.3. The van der Waals surface area contributed by atoms with Crippen molar-refractivity contribution >= 4 is 29.1 Å². The van der Waals surface area contributed by atoms with E-state index in [1.807, 2.05) is 24.3 Å². The highest BCUT2D eigenvalue weighted by Gasteiger charge is 2.13. The van der Waals surface area contributed by atoms with Crippen LogP contribution in [0, 0.1) is 0 Å². The average Bonchev–Trinajstić information content (AvgIpc) is 2.85. The van der Waals surface area contributed by atoms with Gasteiger partial charge in [0.1, 0.15) is 0 Å². The molecule has 0 aliphatic rings. The third kappa shape index (κ3) is 7.93. The van der Waals surface area contributed by atoms with Gasteiger partial charge in [0.15, 0.2) is 11.5 Å². The van der Waals surface area contributed by atoms with Gasteiger partial charge in [0, 0.05) is 24.5 Å². The Balaban J connectivity index is 1.46. The molecular weight excluding hydrogens is 471 g/mol. The maximum atomic E-state index is 12.4. The van der Waals surface area contributed by atoms with Crippen molar-refractivity contribution in [1.82, 2.24) is 10.3 Å². The molecule has 1 aromatic heterocycles. The second-order valence-electron chi connectivity index (χ2n) is 7.95. The molecule has 7 heteroatoms. The Morgan fingerprint density at radius 3 is 2.44 bits per heavy atom. The number of methoxy groups -OCH3 is 1. The van der Waals surface area contributed by atoms with E-state index in [4.69, 9.17) is 32.7 Å². The van der Waals surface area contributed by atoms with Gasteiger partial charge in [-0.25, -0.2) is 0 Å². The van der Waals surface area contributed by atoms with Gasteiger partial charge in [0.2, 0.25) is 5.91 Å². The number of amides is 1. The van der Waals surface area contributed by atoms with Crippen molar-refractivity contribution in [3.63, 3.8) is 0 Å². The van der Waals surface area contributed by atoms with Gasteiger partial charge >= 0.3 is 0 Å². The Kier molecular flexibility index (Phi) is 10.5. The first-order valence-corrected chi connectivity index (χ1v) is 12.2. The maximum Gasteiger partial charge on any atom is 0.224 e. The molecule has 0 radical (unpaired) electrons. The fourth-order valence-electron chi connectivity index (χ4n) is 3.68. The number of carbonyl (C=O) groups excluding carboxylic acids is 1. The van der Waals surface area contributed by atoms with Gasteiger partial charge in [0.25, 0.3) is 0 Å². The Labute approximate surface area is 211 Å². The molecule has 1 heterocycles. The lowest BCUT2D eigenvalue weighted by Gasteiger charge is -2.15. The molecule has 0 saturated carbocycles. The maximum absolute atomic E-state index is 12.4. The first kappa shape index (κ1) is 25.9. The van der Waals surface area contributed by atoms with Crippen LogP contribution in [0.15, 0.2) is 60.9 Å². The highest BCUT2D eigenvalue weighted by atomic mass is 35.5. The molecule has 1 N–H and O–H groups in total. The summed E-state index contributed by atoms with van der Waals surface area (Å²) in [7, 11) is 1.63. The molecule has 0 unspecified atom stereocenters. The lowest BCUT2D eigenvalue weighted by atomic mass is 10.1. The molecule has 0 bridgehead atoms. The van der Waals surface area contributed by atoms with Crippen LogP contribution < -0.4 is 14.8 Å². The molecule has 34 heavy (non-hydrogen) atoms. The highest BCUT2D eigenvalue weighted by Crippen LogP contribution is 2.31. The van der Waals surface area contributed by atoms with Crippen LogP contribution in [0.1, 0.15) is 36.0 Å². The highest BCUT2D eigenvalue weighted by molar-refractivity contribution is 6.36. The molecular formula is C27H30Cl2N2O3. The van der Waals surface area contributed by atoms with E-state index in [9.17, 15) is 4.79 Å². The van der Waals surface area contributed by atoms with Gasteiger partial charge < -0.3 is 14.8 Å². The molecule has 0 aliphatic heterocycles. The molecule has 0 atom stereocenters. The van der Waals surface area contributed by atoms with E-state index in [0.717, 1.165) is 37.0 Å². The smallest absolute Gasteiger partial charge is 0.224 e. The second kappa shape index (κ2) is 13.8. The number of ether oxygens (including phenoxy) is 2.